The van der Waals surface area contributed by atoms with Crippen molar-refractivity contribution < 1.29 is 14.3 Å². The predicted molar refractivity (Wildman–Crippen MR) is 656 cm³/mol. The van der Waals surface area contributed by atoms with Crippen molar-refractivity contribution >= 4 is 43.9 Å². The minimum atomic E-state index is -0.968. The predicted octanol–water partition coefficient (Wildman–Crippen LogP) is 42.7. The van der Waals surface area contributed by atoms with E-state index in [1.54, 1.807) is 0 Å². The summed E-state index contributed by atoms with van der Waals surface area (Å²) in [5, 5.41) is 3.92. The molecule has 0 spiro atoms. The molecule has 0 fully saturated rings. The van der Waals surface area contributed by atoms with Gasteiger partial charge >= 0.3 is 302 Å². The summed E-state index contributed by atoms with van der Waals surface area (Å²) in [5.74, 6) is 2.42. The first-order valence-electron chi connectivity index (χ1n) is 55.6. The van der Waals surface area contributed by atoms with E-state index in [1.165, 1.54) is 141 Å². The summed E-state index contributed by atoms with van der Waals surface area (Å²) in [7, 11) is 1.45. The van der Waals surface area contributed by atoms with Crippen LogP contribution in [0.15, 0.2) is 273 Å². The molecule has 0 aliphatic carbocycles. The molecule has 0 saturated carbocycles. The molecule has 772 valence electrons. The van der Waals surface area contributed by atoms with Gasteiger partial charge in [0.05, 0.1) is 0 Å². The van der Waals surface area contributed by atoms with E-state index in [9.17, 15) is 4.79 Å². The van der Waals surface area contributed by atoms with Gasteiger partial charge in [-0.15, -0.1) is 0 Å². The van der Waals surface area contributed by atoms with Crippen LogP contribution in [0.2, 0.25) is 5.32 Å². The van der Waals surface area contributed by atoms with Crippen LogP contribution in [-0.4, -0.2) is 36.7 Å². The molecule has 15 aromatic carbocycles. The Hall–Kier alpha value is -11.5. The van der Waals surface area contributed by atoms with E-state index >= 15 is 4.79 Å². The molecule has 0 bridgehead atoms. The van der Waals surface area contributed by atoms with Gasteiger partial charge in [-0.2, -0.15) is 0 Å². The molecule has 1 atom stereocenters. The second kappa shape index (κ2) is 47.6. The van der Waals surface area contributed by atoms with E-state index in [1.807, 2.05) is 0 Å². The Kier molecular flexibility index (Phi) is 35.6. The number of carbonyl (C=O) groups is 2. The van der Waals surface area contributed by atoms with E-state index in [2.05, 4.69) is 520 Å². The van der Waals surface area contributed by atoms with E-state index in [0.29, 0.717) is 10.9 Å². The van der Waals surface area contributed by atoms with Gasteiger partial charge < -0.3 is 0 Å². The third kappa shape index (κ3) is 23.6. The van der Waals surface area contributed by atoms with Gasteiger partial charge in [-0.1, -0.05) is 367 Å². The number of hydrogen-bond acceptors (Lipinski definition) is 3. The third-order valence-corrected chi connectivity index (χ3v) is 34.0. The van der Waals surface area contributed by atoms with Crippen LogP contribution < -0.4 is 5.32 Å². The molecule has 1 N–H and O–H groups in total. The van der Waals surface area contributed by atoms with Crippen LogP contribution >= 0.6 is 20.3 Å². The van der Waals surface area contributed by atoms with Gasteiger partial charge in [-0.3, -0.25) is 0 Å². The number of ether oxygens (including phenoxy) is 1. The number of nitrogens with one attached hydrogen (secondary N) is 1. The molecule has 0 aliphatic heterocycles. The number of rotatable bonds is 35. The summed E-state index contributed by atoms with van der Waals surface area (Å²) in [4.78, 5) is 32.8. The fraction of sp³-hybridized carbons (Fsp3) is 0.357. The molecule has 0 unspecified atom stereocenters. The van der Waals surface area contributed by atoms with Crippen molar-refractivity contribution in [2.75, 3.05) is 7.11 Å². The normalized spacial score (nSPS) is 12.3. The number of benzene rings is 15. The average Bonchev–Trinajstić information content (AvgIpc) is 0.754. The molecular formula is C143H164INO3Se. The molecule has 15 rings (SSSR count). The molecule has 1 amide bonds. The van der Waals surface area contributed by atoms with Crippen LogP contribution in [0, 0.1) is 0 Å². The SMILES string of the molecule is COC(=O)[C@H](C[Se]I)NC(=O)c1c(-c2cc(-c3cc(-c4c(C(C)C)cccc4C(C)C)cc(-c4c(C(C)C)cccc4C(C)C)c3)cc(-c3cc(-c4c(C(C)C)cccc4C(C)C)cc(-c4c(C(C)C)cccc4C(C)C)c3)c2)cccc1-c1cc(-c2cc(-c3c(C(C)C)cccc3C(C)C)cc(-c3c(C(C)C)cccc3C(C)C)c2)cc(-c2cc(-c3c(C(C)C)cccc3C(C)C)cc(-c3c(C(C)C)cccc3C(C)C)c2)c1. The van der Waals surface area contributed by atoms with Crippen LogP contribution in [-0.2, 0) is 9.53 Å². The fourth-order valence-corrected chi connectivity index (χ4v) is 26.1. The van der Waals surface area contributed by atoms with E-state index in [0.717, 1.165) is 111 Å². The van der Waals surface area contributed by atoms with Crippen molar-refractivity contribution in [3.63, 3.8) is 0 Å². The molecule has 0 radical (unpaired) electrons. The van der Waals surface area contributed by atoms with Crippen molar-refractivity contribution in [3.8, 4) is 156 Å². The fourth-order valence-electron chi connectivity index (χ4n) is 23.5. The van der Waals surface area contributed by atoms with Gasteiger partial charge in [0.1, 0.15) is 0 Å². The molecular weight excluding hydrogens is 1990 g/mol. The van der Waals surface area contributed by atoms with Gasteiger partial charge in [0.25, 0.3) is 0 Å². The standard InChI is InChI=1S/C143H164INO3Se/c1-80(2)114-43-34-44-115(81(3)4)133(114)106-67-100(68-107(75-106)134-116(82(5)6)45-35-46-117(134)83(7)8)96-61-97(101-69-108(135-118(84(9)10)47-36-48-119(135)85(11)12)76-109(70-101)136-120(86(13)14)49-37-50-121(136)87(15)16)64-104(63-96)130-59-42-60-131(141(130)142(146)145-132(79-149-144)143(147)148-33)105-65-98(102-71-110(137-122(88(17)18)51-38-52-123(137)89(19)20)77-111(72-102)138-124(90(21)22)53-39-54-125(138)91(23)24)62-99(66-105)103-73-112(139-126(92(25)26)55-40-56-127(139)93(27)28)78-113(74-103)140-128(94(29)30)57-41-58-129(140)95(31)32/h34-78,80-95,132H,79H2,1-33H3,(H,145,146)/t132-/m0/s1. The molecule has 15 aromatic rings. The Balaban J connectivity index is 1.18. The molecule has 0 heterocycles. The third-order valence-electron chi connectivity index (χ3n) is 31.2. The summed E-state index contributed by atoms with van der Waals surface area (Å²) >= 11 is 2.31. The van der Waals surface area contributed by atoms with E-state index in [4.69, 9.17) is 4.74 Å². The number of carbonyl (C=O) groups excluding carboxylic acids is 2. The minimum absolute atomic E-state index is 0.0940. The van der Waals surface area contributed by atoms with Gasteiger partial charge in [-0.05, 0) is 252 Å². The number of halogens is 1. The first-order chi connectivity index (χ1) is 70.9. The van der Waals surface area contributed by atoms with Crippen molar-refractivity contribution in [3.05, 3.63) is 368 Å². The molecule has 6 heteroatoms. The zero-order chi connectivity index (χ0) is 108. The first kappa shape index (κ1) is 112. The number of amides is 1. The maximum absolute atomic E-state index is 17.8. The zero-order valence-electron chi connectivity index (χ0n) is 95.5. The van der Waals surface area contributed by atoms with Crippen molar-refractivity contribution in [1.82, 2.24) is 5.32 Å². The molecule has 4 nitrogen and oxygen atoms in total. The van der Waals surface area contributed by atoms with Crippen molar-refractivity contribution in [2.24, 2.45) is 0 Å². The molecule has 149 heavy (non-hydrogen) atoms. The summed E-state index contributed by atoms with van der Waals surface area (Å²) < 4.78 is 5.80. The topological polar surface area (TPSA) is 55.4 Å². The van der Waals surface area contributed by atoms with Crippen LogP contribution in [0.25, 0.3) is 156 Å². The summed E-state index contributed by atoms with van der Waals surface area (Å²) in [6.07, 6.45) is 0. The Labute approximate surface area is 914 Å². The van der Waals surface area contributed by atoms with Crippen LogP contribution in [0.1, 0.15) is 416 Å². The van der Waals surface area contributed by atoms with Gasteiger partial charge in [0, 0.05) is 0 Å². The van der Waals surface area contributed by atoms with Crippen molar-refractivity contribution in [2.45, 2.75) is 328 Å². The summed E-state index contributed by atoms with van der Waals surface area (Å²) in [6.45, 7) is 75.1. The summed E-state index contributed by atoms with van der Waals surface area (Å²) in [6, 6.07) is 106. The quantitative estimate of drug-likeness (QED) is 0.0245. The molecule has 0 aromatic heterocycles. The number of esters is 1. The first-order valence-corrected chi connectivity index (χ1v) is 62.1. The second-order valence-electron chi connectivity index (χ2n) is 47.3. The second-order valence-corrected chi connectivity index (χ2v) is 51.7. The number of methoxy groups -OCH3 is 1. The Morgan fingerprint density at radius 2 is 0.336 bits per heavy atom. The molecule has 0 saturated heterocycles. The zero-order valence-corrected chi connectivity index (χ0v) is 99.4. The van der Waals surface area contributed by atoms with Gasteiger partial charge in [0.2, 0.25) is 0 Å². The van der Waals surface area contributed by atoms with Crippen LogP contribution in [0.4, 0.5) is 0 Å². The monoisotopic (exact) mass is 2150 g/mol. The van der Waals surface area contributed by atoms with E-state index < -0.39 is 12.0 Å². The Morgan fingerprint density at radius 1 is 0.208 bits per heavy atom. The Morgan fingerprint density at radius 3 is 0.470 bits per heavy atom. The van der Waals surface area contributed by atoms with Crippen LogP contribution in [0.3, 0.4) is 0 Å². The van der Waals surface area contributed by atoms with Crippen LogP contribution in [0.5, 0.6) is 0 Å². The average molecular weight is 2150 g/mol. The van der Waals surface area contributed by atoms with E-state index in [-0.39, 0.29) is 112 Å². The van der Waals surface area contributed by atoms with Crippen molar-refractivity contribution in [1.29, 1.82) is 0 Å². The van der Waals surface area contributed by atoms with Gasteiger partial charge in [0.15, 0.2) is 0 Å². The number of hydrogen-bond donors (Lipinski definition) is 1. The molecule has 0 aliphatic rings. The maximum atomic E-state index is 17.8. The van der Waals surface area contributed by atoms with Gasteiger partial charge in [-0.25, -0.2) is 0 Å². The summed E-state index contributed by atoms with van der Waals surface area (Å²) in [5.41, 5.74) is 52.1. The Bertz CT molecular complexity index is 6090.